The molecule has 21 heavy (non-hydrogen) atoms. The Morgan fingerprint density at radius 3 is 2.71 bits per heavy atom. The fraction of sp³-hybridized carbons (Fsp3) is 0.125. The summed E-state index contributed by atoms with van der Waals surface area (Å²) < 4.78 is 2.12. The predicted octanol–water partition coefficient (Wildman–Crippen LogP) is 4.48. The van der Waals surface area contributed by atoms with Crippen molar-refractivity contribution >= 4 is 23.1 Å². The average Bonchev–Trinajstić information content (AvgIpc) is 3.16. The van der Waals surface area contributed by atoms with E-state index in [2.05, 4.69) is 57.1 Å². The summed E-state index contributed by atoms with van der Waals surface area (Å²) >= 11 is 3.38. The zero-order valence-corrected chi connectivity index (χ0v) is 13.1. The smallest absolute Gasteiger partial charge is 0.192 e. The number of rotatable bonds is 6. The first-order valence-corrected chi connectivity index (χ1v) is 8.49. The molecule has 3 rings (SSSR count). The van der Waals surface area contributed by atoms with E-state index in [0.717, 1.165) is 28.2 Å². The molecule has 0 fully saturated rings. The summed E-state index contributed by atoms with van der Waals surface area (Å²) in [5.74, 6) is 1.81. The number of thiophene rings is 1. The summed E-state index contributed by atoms with van der Waals surface area (Å²) in [7, 11) is 0. The minimum Gasteiger partial charge on any atom is -0.297 e. The van der Waals surface area contributed by atoms with Crippen molar-refractivity contribution < 1.29 is 0 Å². The quantitative estimate of drug-likeness (QED) is 0.496. The second kappa shape index (κ2) is 6.74. The predicted molar refractivity (Wildman–Crippen MR) is 89.5 cm³/mol. The SMILES string of the molecule is C=CCn1c(SCc2ccccc2)nnc1-c1cccs1. The highest BCUT2D eigenvalue weighted by Crippen LogP contribution is 2.28. The van der Waals surface area contributed by atoms with Crippen molar-refractivity contribution in [2.75, 3.05) is 0 Å². The monoisotopic (exact) mass is 313 g/mol. The Labute approximate surface area is 132 Å². The number of benzene rings is 1. The van der Waals surface area contributed by atoms with Crippen LogP contribution in [0.1, 0.15) is 5.56 Å². The minimum atomic E-state index is 0.720. The first-order valence-electron chi connectivity index (χ1n) is 6.63. The third-order valence-electron chi connectivity index (χ3n) is 2.98. The van der Waals surface area contributed by atoms with Crippen LogP contribution in [0.5, 0.6) is 0 Å². The number of nitrogens with zero attached hydrogens (tertiary/aromatic N) is 3. The fourth-order valence-corrected chi connectivity index (χ4v) is 3.62. The number of aromatic nitrogens is 3. The summed E-state index contributed by atoms with van der Waals surface area (Å²) in [5, 5.41) is 11.7. The lowest BCUT2D eigenvalue weighted by atomic mass is 10.2. The van der Waals surface area contributed by atoms with Crippen LogP contribution < -0.4 is 0 Å². The highest BCUT2D eigenvalue weighted by molar-refractivity contribution is 7.98. The Bertz CT molecular complexity index is 702. The summed E-state index contributed by atoms with van der Waals surface area (Å²) in [4.78, 5) is 1.14. The van der Waals surface area contributed by atoms with Gasteiger partial charge in [-0.1, -0.05) is 54.2 Å². The third kappa shape index (κ3) is 3.25. The van der Waals surface area contributed by atoms with Crippen molar-refractivity contribution in [3.05, 3.63) is 66.1 Å². The van der Waals surface area contributed by atoms with Gasteiger partial charge in [0.05, 0.1) is 4.88 Å². The van der Waals surface area contributed by atoms with E-state index in [9.17, 15) is 0 Å². The minimum absolute atomic E-state index is 0.720. The summed E-state index contributed by atoms with van der Waals surface area (Å²) in [6.07, 6.45) is 1.88. The first-order chi connectivity index (χ1) is 10.4. The zero-order valence-electron chi connectivity index (χ0n) is 11.5. The molecule has 5 heteroatoms. The Morgan fingerprint density at radius 2 is 2.00 bits per heavy atom. The maximum absolute atomic E-state index is 4.34. The molecule has 3 aromatic rings. The molecule has 2 aromatic heterocycles. The van der Waals surface area contributed by atoms with Gasteiger partial charge in [0.15, 0.2) is 11.0 Å². The van der Waals surface area contributed by atoms with Crippen molar-refractivity contribution in [2.45, 2.75) is 17.5 Å². The largest absolute Gasteiger partial charge is 0.297 e. The molecule has 3 nitrogen and oxygen atoms in total. The Hall–Kier alpha value is -1.85. The lowest BCUT2D eigenvalue weighted by Crippen LogP contribution is -1.99. The van der Waals surface area contributed by atoms with Gasteiger partial charge in [-0.2, -0.15) is 0 Å². The van der Waals surface area contributed by atoms with E-state index in [-0.39, 0.29) is 0 Å². The molecule has 0 amide bonds. The molecule has 0 aliphatic carbocycles. The van der Waals surface area contributed by atoms with Crippen LogP contribution >= 0.6 is 23.1 Å². The van der Waals surface area contributed by atoms with E-state index in [1.165, 1.54) is 5.56 Å². The van der Waals surface area contributed by atoms with Gasteiger partial charge in [-0.25, -0.2) is 0 Å². The molecule has 0 radical (unpaired) electrons. The van der Waals surface area contributed by atoms with Crippen molar-refractivity contribution in [3.8, 4) is 10.7 Å². The topological polar surface area (TPSA) is 30.7 Å². The van der Waals surface area contributed by atoms with Gasteiger partial charge in [0, 0.05) is 12.3 Å². The number of hydrogen-bond donors (Lipinski definition) is 0. The highest BCUT2D eigenvalue weighted by atomic mass is 32.2. The highest BCUT2D eigenvalue weighted by Gasteiger charge is 2.14. The maximum atomic E-state index is 4.34. The second-order valence-corrected chi connectivity index (χ2v) is 6.35. The van der Waals surface area contributed by atoms with E-state index in [1.54, 1.807) is 23.1 Å². The molecule has 0 aliphatic heterocycles. The number of thioether (sulfide) groups is 1. The van der Waals surface area contributed by atoms with Crippen LogP contribution in [0.15, 0.2) is 65.7 Å². The van der Waals surface area contributed by atoms with Crippen LogP contribution in [0.25, 0.3) is 10.7 Å². The third-order valence-corrected chi connectivity index (χ3v) is 4.88. The van der Waals surface area contributed by atoms with E-state index in [0.29, 0.717) is 0 Å². The molecule has 0 aliphatic rings. The number of allylic oxidation sites excluding steroid dienone is 1. The van der Waals surface area contributed by atoms with E-state index >= 15 is 0 Å². The summed E-state index contributed by atoms with van der Waals surface area (Å²) in [6, 6.07) is 14.5. The molecule has 106 valence electrons. The van der Waals surface area contributed by atoms with Crippen molar-refractivity contribution in [1.82, 2.24) is 14.8 Å². The van der Waals surface area contributed by atoms with Gasteiger partial charge < -0.3 is 0 Å². The normalized spacial score (nSPS) is 10.7. The number of hydrogen-bond acceptors (Lipinski definition) is 4. The van der Waals surface area contributed by atoms with Gasteiger partial charge in [-0.3, -0.25) is 4.57 Å². The van der Waals surface area contributed by atoms with Gasteiger partial charge in [0.1, 0.15) is 0 Å². The van der Waals surface area contributed by atoms with E-state index in [1.807, 2.05) is 18.2 Å². The summed E-state index contributed by atoms with van der Waals surface area (Å²) in [5.41, 5.74) is 1.29. The second-order valence-electron chi connectivity index (χ2n) is 4.46. The Kier molecular flexibility index (Phi) is 4.52. The Morgan fingerprint density at radius 1 is 1.14 bits per heavy atom. The standard InChI is InChI=1S/C16H15N3S2/c1-2-10-19-15(14-9-6-11-20-14)17-18-16(19)21-12-13-7-4-3-5-8-13/h2-9,11H,1,10,12H2. The van der Waals surface area contributed by atoms with Gasteiger partial charge in [-0.15, -0.1) is 28.1 Å². The van der Waals surface area contributed by atoms with Crippen LogP contribution in [0.3, 0.4) is 0 Å². The molecule has 0 unspecified atom stereocenters. The average molecular weight is 313 g/mol. The zero-order chi connectivity index (χ0) is 14.5. The lowest BCUT2D eigenvalue weighted by molar-refractivity contribution is 0.732. The molecule has 0 saturated heterocycles. The van der Waals surface area contributed by atoms with Crippen LogP contribution in [0.2, 0.25) is 0 Å². The summed E-state index contributed by atoms with van der Waals surface area (Å²) in [6.45, 7) is 4.55. The van der Waals surface area contributed by atoms with Crippen molar-refractivity contribution in [3.63, 3.8) is 0 Å². The van der Waals surface area contributed by atoms with Crippen LogP contribution in [-0.2, 0) is 12.3 Å². The van der Waals surface area contributed by atoms with Gasteiger partial charge in [-0.05, 0) is 17.0 Å². The molecule has 0 saturated carbocycles. The molecule has 0 bridgehead atoms. The van der Waals surface area contributed by atoms with Gasteiger partial charge >= 0.3 is 0 Å². The van der Waals surface area contributed by atoms with Crippen LogP contribution in [0.4, 0.5) is 0 Å². The molecular weight excluding hydrogens is 298 g/mol. The van der Waals surface area contributed by atoms with Crippen molar-refractivity contribution in [1.29, 1.82) is 0 Å². The fourth-order valence-electron chi connectivity index (χ4n) is 2.00. The maximum Gasteiger partial charge on any atom is 0.192 e. The Balaban J connectivity index is 1.83. The molecule has 0 spiro atoms. The molecule has 0 N–H and O–H groups in total. The van der Waals surface area contributed by atoms with E-state index in [4.69, 9.17) is 0 Å². The van der Waals surface area contributed by atoms with Crippen LogP contribution in [-0.4, -0.2) is 14.8 Å². The van der Waals surface area contributed by atoms with Gasteiger partial charge in [0.25, 0.3) is 0 Å². The molecule has 1 aromatic carbocycles. The molecular formula is C16H15N3S2. The molecule has 2 heterocycles. The van der Waals surface area contributed by atoms with Gasteiger partial charge in [0.2, 0.25) is 0 Å². The van der Waals surface area contributed by atoms with Crippen molar-refractivity contribution in [2.24, 2.45) is 0 Å². The first kappa shape index (κ1) is 14.1. The van der Waals surface area contributed by atoms with Crippen LogP contribution in [0, 0.1) is 0 Å². The molecule has 0 atom stereocenters. The lowest BCUT2D eigenvalue weighted by Gasteiger charge is -2.06. The van der Waals surface area contributed by atoms with E-state index < -0.39 is 0 Å².